The van der Waals surface area contributed by atoms with Crippen LogP contribution in [0.25, 0.3) is 0 Å². The quantitative estimate of drug-likeness (QED) is 0.437. The minimum atomic E-state index is -0.545. The first-order valence-electron chi connectivity index (χ1n) is 7.13. The van der Waals surface area contributed by atoms with E-state index < -0.39 is 10.8 Å². The molecule has 0 aliphatic carbocycles. The van der Waals surface area contributed by atoms with Crippen LogP contribution in [-0.4, -0.2) is 30.8 Å². The molecule has 0 heterocycles. The minimum absolute atomic E-state index is 0.126. The number of amides is 1. The number of halogens is 2. The molecule has 0 saturated carbocycles. The average Bonchev–Trinajstić information content (AvgIpc) is 2.60. The highest BCUT2D eigenvalue weighted by atomic mass is 35.5. The van der Waals surface area contributed by atoms with Crippen LogP contribution in [0.15, 0.2) is 41.5 Å². The zero-order valence-corrected chi connectivity index (χ0v) is 15.0. The fourth-order valence-electron chi connectivity index (χ4n) is 1.88. The normalized spacial score (nSPS) is 10.6. The van der Waals surface area contributed by atoms with Crippen molar-refractivity contribution >= 4 is 41.0 Å². The van der Waals surface area contributed by atoms with Gasteiger partial charge in [-0.15, -0.1) is 0 Å². The van der Waals surface area contributed by atoms with Crippen LogP contribution in [-0.2, 0) is 4.79 Å². The molecule has 0 unspecified atom stereocenters. The Morgan fingerprint density at radius 3 is 2.65 bits per heavy atom. The van der Waals surface area contributed by atoms with Crippen LogP contribution in [0.4, 0.5) is 5.69 Å². The van der Waals surface area contributed by atoms with E-state index in [1.165, 1.54) is 43.7 Å². The van der Waals surface area contributed by atoms with E-state index in [0.29, 0.717) is 22.1 Å². The number of carbonyl (C=O) groups is 1. The number of nitrogens with one attached hydrogen (secondary N) is 1. The van der Waals surface area contributed by atoms with Gasteiger partial charge in [-0.2, -0.15) is 5.10 Å². The molecule has 10 heteroatoms. The summed E-state index contributed by atoms with van der Waals surface area (Å²) < 4.78 is 10.4. The van der Waals surface area contributed by atoms with E-state index in [9.17, 15) is 14.9 Å². The number of benzene rings is 2. The second-order valence-electron chi connectivity index (χ2n) is 4.84. The van der Waals surface area contributed by atoms with Crippen molar-refractivity contribution in [2.75, 3.05) is 13.7 Å². The molecule has 8 nitrogen and oxygen atoms in total. The third-order valence-corrected chi connectivity index (χ3v) is 3.60. The predicted molar refractivity (Wildman–Crippen MR) is 97.3 cm³/mol. The van der Waals surface area contributed by atoms with E-state index in [1.54, 1.807) is 6.07 Å². The van der Waals surface area contributed by atoms with Gasteiger partial charge >= 0.3 is 0 Å². The van der Waals surface area contributed by atoms with Crippen LogP contribution in [0.1, 0.15) is 5.56 Å². The second kappa shape index (κ2) is 9.02. The molecule has 0 radical (unpaired) electrons. The molecule has 0 aliphatic heterocycles. The Morgan fingerprint density at radius 2 is 2.00 bits per heavy atom. The Morgan fingerprint density at radius 1 is 1.27 bits per heavy atom. The van der Waals surface area contributed by atoms with Crippen LogP contribution >= 0.6 is 23.2 Å². The molecular weight excluding hydrogens is 385 g/mol. The van der Waals surface area contributed by atoms with Crippen molar-refractivity contribution in [1.29, 1.82) is 0 Å². The van der Waals surface area contributed by atoms with Crippen LogP contribution in [0.5, 0.6) is 11.5 Å². The fraction of sp³-hybridized carbons (Fsp3) is 0.125. The largest absolute Gasteiger partial charge is 0.496 e. The lowest BCUT2D eigenvalue weighted by molar-refractivity contribution is -0.384. The molecule has 0 aromatic heterocycles. The van der Waals surface area contributed by atoms with Gasteiger partial charge in [-0.1, -0.05) is 23.2 Å². The average molecular weight is 398 g/mol. The Hall–Kier alpha value is -2.84. The monoisotopic (exact) mass is 397 g/mol. The highest BCUT2D eigenvalue weighted by Gasteiger charge is 2.10. The van der Waals surface area contributed by atoms with Crippen molar-refractivity contribution in [1.82, 2.24) is 5.43 Å². The van der Waals surface area contributed by atoms with Gasteiger partial charge in [0.1, 0.15) is 11.5 Å². The first kappa shape index (κ1) is 19.5. The van der Waals surface area contributed by atoms with Crippen LogP contribution in [0, 0.1) is 10.1 Å². The van der Waals surface area contributed by atoms with Crippen molar-refractivity contribution in [3.8, 4) is 11.5 Å². The topological polar surface area (TPSA) is 103 Å². The standard InChI is InChI=1S/C16H13Cl2N3O5/c1-25-14-5-3-12(21(23)24)6-10(14)8-19-20-16(22)9-26-15-4-2-11(17)7-13(15)18/h2-8H,9H2,1H3,(H,20,22)/b19-8-. The number of methoxy groups -OCH3 is 1. The van der Waals surface area contributed by atoms with Gasteiger partial charge in [0.05, 0.1) is 23.3 Å². The summed E-state index contributed by atoms with van der Waals surface area (Å²) in [5.41, 5.74) is 2.45. The summed E-state index contributed by atoms with van der Waals surface area (Å²) in [4.78, 5) is 22.0. The molecule has 1 amide bonds. The highest BCUT2D eigenvalue weighted by molar-refractivity contribution is 6.35. The van der Waals surface area contributed by atoms with E-state index >= 15 is 0 Å². The molecule has 0 atom stereocenters. The van der Waals surface area contributed by atoms with Gasteiger partial charge in [0.25, 0.3) is 11.6 Å². The predicted octanol–water partition coefficient (Wildman–Crippen LogP) is 3.44. The van der Waals surface area contributed by atoms with Gasteiger partial charge < -0.3 is 9.47 Å². The summed E-state index contributed by atoms with van der Waals surface area (Å²) in [5.74, 6) is 0.130. The van der Waals surface area contributed by atoms with Crippen molar-refractivity contribution < 1.29 is 19.2 Å². The molecule has 2 rings (SSSR count). The molecule has 1 N–H and O–H groups in total. The number of hydrazone groups is 1. The first-order valence-corrected chi connectivity index (χ1v) is 7.88. The van der Waals surface area contributed by atoms with Crippen molar-refractivity contribution in [2.24, 2.45) is 5.10 Å². The van der Waals surface area contributed by atoms with E-state index in [4.69, 9.17) is 32.7 Å². The summed E-state index contributed by atoms with van der Waals surface area (Å²) in [6.07, 6.45) is 1.24. The van der Waals surface area contributed by atoms with Gasteiger partial charge in [-0.05, 0) is 24.3 Å². The van der Waals surface area contributed by atoms with Gasteiger partial charge in [0.2, 0.25) is 0 Å². The minimum Gasteiger partial charge on any atom is -0.496 e. The maximum absolute atomic E-state index is 11.8. The zero-order chi connectivity index (χ0) is 19.1. The van der Waals surface area contributed by atoms with Crippen LogP contribution in [0.2, 0.25) is 10.0 Å². The van der Waals surface area contributed by atoms with Gasteiger partial charge in [-0.3, -0.25) is 14.9 Å². The molecular formula is C16H13Cl2N3O5. The molecule has 0 spiro atoms. The third-order valence-electron chi connectivity index (χ3n) is 3.07. The first-order chi connectivity index (χ1) is 12.4. The van der Waals surface area contributed by atoms with Crippen molar-refractivity contribution in [3.05, 3.63) is 62.1 Å². The third kappa shape index (κ3) is 5.33. The lowest BCUT2D eigenvalue weighted by Gasteiger charge is -2.07. The molecule has 0 bridgehead atoms. The Bertz CT molecular complexity index is 858. The number of non-ortho nitro benzene ring substituents is 1. The summed E-state index contributed by atoms with van der Waals surface area (Å²) >= 11 is 11.7. The van der Waals surface area contributed by atoms with Crippen LogP contribution < -0.4 is 14.9 Å². The smallest absolute Gasteiger partial charge is 0.277 e. The summed E-state index contributed by atoms with van der Waals surface area (Å²) in [7, 11) is 1.42. The summed E-state index contributed by atoms with van der Waals surface area (Å²) in [6.45, 7) is -0.329. The second-order valence-corrected chi connectivity index (χ2v) is 5.68. The number of nitro benzene ring substituents is 1. The number of rotatable bonds is 7. The molecule has 136 valence electrons. The molecule has 2 aromatic carbocycles. The number of hydrogen-bond donors (Lipinski definition) is 1. The number of hydrogen-bond acceptors (Lipinski definition) is 6. The Labute approximate surface area is 158 Å². The number of ether oxygens (including phenoxy) is 2. The van der Waals surface area contributed by atoms with E-state index in [-0.39, 0.29) is 17.3 Å². The number of nitrogens with zero attached hydrogens (tertiary/aromatic N) is 2. The lowest BCUT2D eigenvalue weighted by atomic mass is 10.2. The lowest BCUT2D eigenvalue weighted by Crippen LogP contribution is -2.24. The Balaban J connectivity index is 1.96. The maximum atomic E-state index is 11.8. The molecule has 2 aromatic rings. The van der Waals surface area contributed by atoms with E-state index in [2.05, 4.69) is 10.5 Å². The SMILES string of the molecule is COc1ccc([N+](=O)[O-])cc1/C=N\NC(=O)COc1ccc(Cl)cc1Cl. The molecule has 0 fully saturated rings. The van der Waals surface area contributed by atoms with E-state index in [0.717, 1.165) is 0 Å². The molecule has 0 saturated heterocycles. The molecule has 0 aliphatic rings. The van der Waals surface area contributed by atoms with Crippen molar-refractivity contribution in [3.63, 3.8) is 0 Å². The van der Waals surface area contributed by atoms with Gasteiger partial charge in [-0.25, -0.2) is 5.43 Å². The van der Waals surface area contributed by atoms with Crippen LogP contribution in [0.3, 0.4) is 0 Å². The maximum Gasteiger partial charge on any atom is 0.277 e. The number of nitro groups is 1. The zero-order valence-electron chi connectivity index (χ0n) is 13.4. The summed E-state index contributed by atoms with van der Waals surface area (Å²) in [5, 5.41) is 15.3. The Kier molecular flexibility index (Phi) is 6.76. The summed E-state index contributed by atoms with van der Waals surface area (Å²) in [6, 6.07) is 8.62. The van der Waals surface area contributed by atoms with E-state index in [1.807, 2.05) is 0 Å². The van der Waals surface area contributed by atoms with Gasteiger partial charge in [0.15, 0.2) is 6.61 Å². The van der Waals surface area contributed by atoms with Crippen molar-refractivity contribution in [2.45, 2.75) is 0 Å². The van der Waals surface area contributed by atoms with Gasteiger partial charge in [0, 0.05) is 22.7 Å². The number of carbonyl (C=O) groups excluding carboxylic acids is 1. The highest BCUT2D eigenvalue weighted by Crippen LogP contribution is 2.27. The fourth-order valence-corrected chi connectivity index (χ4v) is 2.34. The molecule has 26 heavy (non-hydrogen) atoms.